The molecule has 5 nitrogen and oxygen atoms in total. The molecule has 0 aliphatic carbocycles. The zero-order valence-corrected chi connectivity index (χ0v) is 5.52. The normalized spacial score (nSPS) is 10.6. The molecule has 0 saturated carbocycles. The fraction of sp³-hybridized carbons (Fsp3) is 0.200. The van der Waals surface area contributed by atoms with Gasteiger partial charge in [0.1, 0.15) is 6.34 Å². The molecule has 0 aliphatic heterocycles. The molecular weight excluding hydrogens is 132 g/mol. The summed E-state index contributed by atoms with van der Waals surface area (Å²) in [6, 6.07) is 1.73. The van der Waals surface area contributed by atoms with E-state index in [2.05, 4.69) is 10.1 Å². The van der Waals surface area contributed by atoms with Gasteiger partial charge in [0, 0.05) is 13.1 Å². The Balaban J connectivity index is 2.74. The summed E-state index contributed by atoms with van der Waals surface area (Å²) in [7, 11) is 1.77. The van der Waals surface area contributed by atoms with Crippen molar-refractivity contribution in [2.24, 2.45) is 12.0 Å². The van der Waals surface area contributed by atoms with Gasteiger partial charge in [0.15, 0.2) is 5.82 Å². The van der Waals surface area contributed by atoms with E-state index in [9.17, 15) is 0 Å². The van der Waals surface area contributed by atoms with Gasteiger partial charge in [-0.3, -0.25) is 15.4 Å². The molecule has 54 valence electrons. The van der Waals surface area contributed by atoms with E-state index in [-0.39, 0.29) is 0 Å². The summed E-state index contributed by atoms with van der Waals surface area (Å²) in [4.78, 5) is 3.80. The molecule has 5 heteroatoms. The van der Waals surface area contributed by atoms with Crippen molar-refractivity contribution >= 4 is 12.2 Å². The maximum atomic E-state index is 8.13. The summed E-state index contributed by atoms with van der Waals surface area (Å²) in [6.45, 7) is 0. The van der Waals surface area contributed by atoms with Crippen LogP contribution in [-0.2, 0) is 7.05 Å². The van der Waals surface area contributed by atoms with Crippen molar-refractivity contribution in [3.05, 3.63) is 12.3 Å². The van der Waals surface area contributed by atoms with Crippen molar-refractivity contribution < 1.29 is 5.21 Å². The Morgan fingerprint density at radius 3 is 3.20 bits per heavy atom. The summed E-state index contributed by atoms with van der Waals surface area (Å²) >= 11 is 0. The van der Waals surface area contributed by atoms with Gasteiger partial charge in [-0.15, -0.1) is 0 Å². The summed E-state index contributed by atoms with van der Waals surface area (Å²) in [5, 5.41) is 12.0. The maximum absolute atomic E-state index is 8.13. The van der Waals surface area contributed by atoms with E-state index in [1.807, 2.05) is 0 Å². The highest BCUT2D eigenvalue weighted by atomic mass is 16.5. The number of hydroxylamine groups is 1. The number of aromatic nitrogens is 2. The second kappa shape index (κ2) is 2.98. The predicted octanol–water partition coefficient (Wildman–Crippen LogP) is 0.0587. The zero-order chi connectivity index (χ0) is 7.40. The van der Waals surface area contributed by atoms with Gasteiger partial charge in [-0.25, -0.2) is 4.99 Å². The molecule has 0 amide bonds. The Kier molecular flexibility index (Phi) is 2.01. The van der Waals surface area contributed by atoms with Gasteiger partial charge in [-0.1, -0.05) is 0 Å². The average molecular weight is 140 g/mol. The third-order valence-corrected chi connectivity index (χ3v) is 1.05. The minimum atomic E-state index is 0.682. The lowest BCUT2D eigenvalue weighted by Gasteiger charge is -1.91. The van der Waals surface area contributed by atoms with Crippen LogP contribution in [0.2, 0.25) is 0 Å². The molecule has 2 N–H and O–H groups in total. The van der Waals surface area contributed by atoms with Crippen LogP contribution in [0.4, 0.5) is 5.82 Å². The number of aryl methyl sites for hydroxylation is 1. The van der Waals surface area contributed by atoms with E-state index in [1.54, 1.807) is 29.5 Å². The van der Waals surface area contributed by atoms with Crippen molar-refractivity contribution in [3.63, 3.8) is 0 Å². The van der Waals surface area contributed by atoms with Crippen molar-refractivity contribution in [1.82, 2.24) is 15.3 Å². The van der Waals surface area contributed by atoms with Gasteiger partial charge in [-0.2, -0.15) is 5.10 Å². The molecule has 0 unspecified atom stereocenters. The van der Waals surface area contributed by atoms with E-state index in [0.29, 0.717) is 5.82 Å². The topological polar surface area (TPSA) is 62.4 Å². The number of nitrogens with one attached hydrogen (secondary N) is 1. The molecule has 1 heterocycles. The van der Waals surface area contributed by atoms with Crippen LogP contribution in [0, 0.1) is 0 Å². The summed E-state index contributed by atoms with van der Waals surface area (Å²) in [6.07, 6.45) is 2.81. The smallest absolute Gasteiger partial charge is 0.151 e. The first kappa shape index (κ1) is 6.76. The van der Waals surface area contributed by atoms with E-state index in [4.69, 9.17) is 5.21 Å². The highest BCUT2D eigenvalue weighted by molar-refractivity contribution is 5.57. The molecule has 0 aliphatic rings. The molecule has 0 aromatic carbocycles. The minimum Gasteiger partial charge on any atom is -0.290 e. The third-order valence-electron chi connectivity index (χ3n) is 1.05. The van der Waals surface area contributed by atoms with Crippen molar-refractivity contribution in [1.29, 1.82) is 0 Å². The largest absolute Gasteiger partial charge is 0.290 e. The van der Waals surface area contributed by atoms with Gasteiger partial charge >= 0.3 is 0 Å². The first-order valence-electron chi connectivity index (χ1n) is 2.75. The SMILES string of the molecule is Cn1nccc1/N=C/NO. The Morgan fingerprint density at radius 1 is 1.90 bits per heavy atom. The highest BCUT2D eigenvalue weighted by Crippen LogP contribution is 2.05. The van der Waals surface area contributed by atoms with Gasteiger partial charge in [-0.05, 0) is 0 Å². The highest BCUT2D eigenvalue weighted by Gasteiger charge is 1.90. The van der Waals surface area contributed by atoms with Crippen LogP contribution >= 0.6 is 0 Å². The van der Waals surface area contributed by atoms with Crippen molar-refractivity contribution in [2.75, 3.05) is 0 Å². The molecule has 10 heavy (non-hydrogen) atoms. The van der Waals surface area contributed by atoms with Crippen molar-refractivity contribution in [2.45, 2.75) is 0 Å². The first-order valence-corrected chi connectivity index (χ1v) is 2.75. The molecule has 1 rings (SSSR count). The van der Waals surface area contributed by atoms with Crippen LogP contribution in [0.15, 0.2) is 17.3 Å². The van der Waals surface area contributed by atoms with E-state index in [0.717, 1.165) is 0 Å². The average Bonchev–Trinajstić information content (AvgIpc) is 2.31. The summed E-state index contributed by atoms with van der Waals surface area (Å²) in [5.41, 5.74) is 1.80. The molecule has 0 spiro atoms. The van der Waals surface area contributed by atoms with Crippen LogP contribution in [0.5, 0.6) is 0 Å². The number of rotatable bonds is 2. The summed E-state index contributed by atoms with van der Waals surface area (Å²) < 4.78 is 1.59. The molecule has 0 saturated heterocycles. The molecule has 1 aromatic heterocycles. The molecule has 0 radical (unpaired) electrons. The Bertz CT molecular complexity index is 229. The third kappa shape index (κ3) is 1.32. The molecule has 0 atom stereocenters. The van der Waals surface area contributed by atoms with Gasteiger partial charge in [0.05, 0.1) is 6.20 Å². The molecule has 0 fully saturated rings. The van der Waals surface area contributed by atoms with E-state index in [1.165, 1.54) is 6.34 Å². The van der Waals surface area contributed by atoms with E-state index < -0.39 is 0 Å². The predicted molar refractivity (Wildman–Crippen MR) is 36.3 cm³/mol. The lowest BCUT2D eigenvalue weighted by molar-refractivity contribution is 0.240. The standard InChI is InChI=1S/C5H8N4O/c1-9-5(2-3-7-9)6-4-8-10/h2-4,10H,1H3,(H,6,8). The Morgan fingerprint density at radius 2 is 2.70 bits per heavy atom. The van der Waals surface area contributed by atoms with Crippen molar-refractivity contribution in [3.8, 4) is 0 Å². The Labute approximate surface area is 58.0 Å². The molecule has 0 bridgehead atoms. The first-order chi connectivity index (χ1) is 4.84. The van der Waals surface area contributed by atoms with Gasteiger partial charge < -0.3 is 0 Å². The number of aliphatic imine (C=N–C) groups is 1. The molecule has 1 aromatic rings. The van der Waals surface area contributed by atoms with E-state index >= 15 is 0 Å². The lowest BCUT2D eigenvalue weighted by atomic mass is 10.6. The van der Waals surface area contributed by atoms with Crippen LogP contribution in [0.1, 0.15) is 0 Å². The zero-order valence-electron chi connectivity index (χ0n) is 5.52. The summed E-state index contributed by atoms with van der Waals surface area (Å²) in [5.74, 6) is 0.682. The Hall–Kier alpha value is -1.36. The maximum Gasteiger partial charge on any atom is 0.151 e. The number of nitrogens with zero attached hydrogens (tertiary/aromatic N) is 3. The van der Waals surface area contributed by atoms with Gasteiger partial charge in [0.25, 0.3) is 0 Å². The van der Waals surface area contributed by atoms with Gasteiger partial charge in [0.2, 0.25) is 0 Å². The quantitative estimate of drug-likeness (QED) is 0.347. The second-order valence-electron chi connectivity index (χ2n) is 1.70. The monoisotopic (exact) mass is 140 g/mol. The second-order valence-corrected chi connectivity index (χ2v) is 1.70. The number of hydrogen-bond donors (Lipinski definition) is 2. The van der Waals surface area contributed by atoms with Crippen LogP contribution in [0.25, 0.3) is 0 Å². The fourth-order valence-electron chi connectivity index (χ4n) is 0.589. The lowest BCUT2D eigenvalue weighted by Crippen LogP contribution is -2.01. The number of hydrogen-bond acceptors (Lipinski definition) is 3. The fourth-order valence-corrected chi connectivity index (χ4v) is 0.589. The van der Waals surface area contributed by atoms with Crippen LogP contribution < -0.4 is 5.48 Å². The molecular formula is C5H8N4O. The van der Waals surface area contributed by atoms with Crippen LogP contribution in [0.3, 0.4) is 0 Å². The van der Waals surface area contributed by atoms with Crippen LogP contribution in [-0.4, -0.2) is 21.3 Å². The minimum absolute atomic E-state index is 0.682.